The fraction of sp³-hybridized carbons (Fsp3) is 0.200. The van der Waals surface area contributed by atoms with Crippen LogP contribution in [-0.2, 0) is 0 Å². The Morgan fingerprint density at radius 3 is 2.33 bits per heavy atom. The van der Waals surface area contributed by atoms with Gasteiger partial charge in [-0.2, -0.15) is 0 Å². The van der Waals surface area contributed by atoms with Crippen molar-refractivity contribution >= 4 is 11.6 Å². The van der Waals surface area contributed by atoms with E-state index < -0.39 is 0 Å². The van der Waals surface area contributed by atoms with Crippen LogP contribution in [0.2, 0.25) is 5.02 Å². The van der Waals surface area contributed by atoms with Gasteiger partial charge in [0.25, 0.3) is 0 Å². The van der Waals surface area contributed by atoms with Gasteiger partial charge in [-0.3, -0.25) is 0 Å². The summed E-state index contributed by atoms with van der Waals surface area (Å²) in [5.74, 6) is 0.957. The molecule has 2 aromatic rings. The van der Waals surface area contributed by atoms with Gasteiger partial charge in [0.1, 0.15) is 5.75 Å². The summed E-state index contributed by atoms with van der Waals surface area (Å²) in [6, 6.07) is 15.7. The number of ether oxygens (including phenoxy) is 1. The number of methoxy groups -OCH3 is 1. The molecule has 0 aliphatic carbocycles. The average Bonchev–Trinajstić information content (AvgIpc) is 2.42. The lowest BCUT2D eigenvalue weighted by Gasteiger charge is -2.17. The van der Waals surface area contributed by atoms with Gasteiger partial charge in [-0.1, -0.05) is 41.9 Å². The van der Waals surface area contributed by atoms with Crippen molar-refractivity contribution in [2.45, 2.75) is 5.92 Å². The Hall–Kier alpha value is -1.51. The van der Waals surface area contributed by atoms with Gasteiger partial charge in [0.15, 0.2) is 0 Å². The number of rotatable bonds is 4. The van der Waals surface area contributed by atoms with Gasteiger partial charge in [-0.05, 0) is 29.3 Å². The van der Waals surface area contributed by atoms with E-state index in [1.54, 1.807) is 7.11 Å². The molecule has 2 aromatic carbocycles. The standard InChI is InChI=1S/C15H16ClNO/c1-18-12-8-6-11(7-9-12)14(10-17)13-4-2-3-5-15(13)16/h2-9,14H,10,17H2,1H3. The Bertz CT molecular complexity index is 510. The summed E-state index contributed by atoms with van der Waals surface area (Å²) in [5.41, 5.74) is 8.09. The fourth-order valence-corrected chi connectivity index (χ4v) is 2.30. The van der Waals surface area contributed by atoms with E-state index in [2.05, 4.69) is 0 Å². The van der Waals surface area contributed by atoms with Crippen LogP contribution in [0.3, 0.4) is 0 Å². The summed E-state index contributed by atoms with van der Waals surface area (Å²) in [7, 11) is 1.66. The van der Waals surface area contributed by atoms with E-state index >= 15 is 0 Å². The molecule has 2 N–H and O–H groups in total. The minimum atomic E-state index is 0.115. The molecule has 0 aromatic heterocycles. The maximum absolute atomic E-state index is 6.23. The van der Waals surface area contributed by atoms with E-state index in [0.717, 1.165) is 21.9 Å². The van der Waals surface area contributed by atoms with Crippen LogP contribution in [0.4, 0.5) is 0 Å². The summed E-state index contributed by atoms with van der Waals surface area (Å²) < 4.78 is 5.15. The second-order valence-corrected chi connectivity index (χ2v) is 4.49. The maximum Gasteiger partial charge on any atom is 0.118 e. The maximum atomic E-state index is 6.23. The molecule has 0 saturated carbocycles. The van der Waals surface area contributed by atoms with Crippen LogP contribution in [0.1, 0.15) is 17.0 Å². The van der Waals surface area contributed by atoms with Crippen LogP contribution in [0, 0.1) is 0 Å². The average molecular weight is 262 g/mol. The Morgan fingerprint density at radius 2 is 1.78 bits per heavy atom. The number of hydrogen-bond acceptors (Lipinski definition) is 2. The molecule has 0 heterocycles. The predicted molar refractivity (Wildman–Crippen MR) is 75.3 cm³/mol. The molecule has 2 rings (SSSR count). The molecule has 0 radical (unpaired) electrons. The van der Waals surface area contributed by atoms with Crippen LogP contribution >= 0.6 is 11.6 Å². The summed E-state index contributed by atoms with van der Waals surface area (Å²) in [5, 5.41) is 0.753. The van der Waals surface area contributed by atoms with Crippen molar-refractivity contribution in [2.75, 3.05) is 13.7 Å². The van der Waals surface area contributed by atoms with Crippen molar-refractivity contribution in [3.63, 3.8) is 0 Å². The van der Waals surface area contributed by atoms with E-state index in [1.807, 2.05) is 48.5 Å². The Labute approximate surface area is 112 Å². The van der Waals surface area contributed by atoms with Gasteiger partial charge in [-0.15, -0.1) is 0 Å². The number of benzene rings is 2. The normalized spacial score (nSPS) is 12.2. The third-order valence-corrected chi connectivity index (χ3v) is 3.38. The summed E-state index contributed by atoms with van der Waals surface area (Å²) in [6.45, 7) is 0.524. The highest BCUT2D eigenvalue weighted by Gasteiger charge is 2.15. The van der Waals surface area contributed by atoms with E-state index in [9.17, 15) is 0 Å². The van der Waals surface area contributed by atoms with Crippen LogP contribution in [0.15, 0.2) is 48.5 Å². The topological polar surface area (TPSA) is 35.2 Å². The lowest BCUT2D eigenvalue weighted by molar-refractivity contribution is 0.414. The molecule has 18 heavy (non-hydrogen) atoms. The van der Waals surface area contributed by atoms with Crippen molar-refractivity contribution in [3.05, 3.63) is 64.7 Å². The molecule has 0 bridgehead atoms. The lowest BCUT2D eigenvalue weighted by atomic mass is 9.91. The quantitative estimate of drug-likeness (QED) is 0.915. The zero-order valence-electron chi connectivity index (χ0n) is 10.3. The summed E-state index contributed by atoms with van der Waals surface area (Å²) in [6.07, 6.45) is 0. The molecule has 1 atom stereocenters. The molecular formula is C15H16ClNO. The number of nitrogens with two attached hydrogens (primary N) is 1. The van der Waals surface area contributed by atoms with Crippen LogP contribution in [0.5, 0.6) is 5.75 Å². The summed E-state index contributed by atoms with van der Waals surface area (Å²) >= 11 is 6.23. The largest absolute Gasteiger partial charge is 0.497 e. The zero-order valence-corrected chi connectivity index (χ0v) is 11.0. The predicted octanol–water partition coefficient (Wildman–Crippen LogP) is 3.44. The first-order valence-electron chi connectivity index (χ1n) is 5.84. The smallest absolute Gasteiger partial charge is 0.118 e. The van der Waals surface area contributed by atoms with Crippen molar-refractivity contribution in [2.24, 2.45) is 5.73 Å². The molecule has 0 aliphatic heterocycles. The molecule has 0 aliphatic rings. The van der Waals surface area contributed by atoms with Crippen molar-refractivity contribution in [1.29, 1.82) is 0 Å². The van der Waals surface area contributed by atoms with Crippen LogP contribution in [-0.4, -0.2) is 13.7 Å². The molecule has 0 spiro atoms. The molecule has 1 unspecified atom stereocenters. The molecule has 0 saturated heterocycles. The number of hydrogen-bond donors (Lipinski definition) is 1. The highest BCUT2D eigenvalue weighted by Crippen LogP contribution is 2.30. The second-order valence-electron chi connectivity index (χ2n) is 4.08. The Balaban J connectivity index is 2.36. The van der Waals surface area contributed by atoms with E-state index in [1.165, 1.54) is 0 Å². The minimum Gasteiger partial charge on any atom is -0.497 e. The fourth-order valence-electron chi connectivity index (χ4n) is 2.04. The van der Waals surface area contributed by atoms with Gasteiger partial charge < -0.3 is 10.5 Å². The number of halogens is 1. The van der Waals surface area contributed by atoms with E-state index in [-0.39, 0.29) is 5.92 Å². The first-order valence-corrected chi connectivity index (χ1v) is 6.22. The van der Waals surface area contributed by atoms with Crippen LogP contribution in [0.25, 0.3) is 0 Å². The monoisotopic (exact) mass is 261 g/mol. The Kier molecular flexibility index (Phi) is 4.24. The first-order chi connectivity index (χ1) is 8.76. The van der Waals surface area contributed by atoms with Gasteiger partial charge >= 0.3 is 0 Å². The molecule has 3 heteroatoms. The van der Waals surface area contributed by atoms with Crippen molar-refractivity contribution < 1.29 is 4.74 Å². The first kappa shape index (κ1) is 12.9. The SMILES string of the molecule is COc1ccc(C(CN)c2ccccc2Cl)cc1. The van der Waals surface area contributed by atoms with Gasteiger partial charge in [0, 0.05) is 17.5 Å². The summed E-state index contributed by atoms with van der Waals surface area (Å²) in [4.78, 5) is 0. The minimum absolute atomic E-state index is 0.115. The van der Waals surface area contributed by atoms with Gasteiger partial charge in [0.05, 0.1) is 7.11 Å². The second kappa shape index (κ2) is 5.89. The lowest BCUT2D eigenvalue weighted by Crippen LogP contribution is -2.14. The third kappa shape index (κ3) is 2.66. The third-order valence-electron chi connectivity index (χ3n) is 3.03. The van der Waals surface area contributed by atoms with E-state index in [4.69, 9.17) is 22.1 Å². The highest BCUT2D eigenvalue weighted by molar-refractivity contribution is 6.31. The molecule has 0 fully saturated rings. The van der Waals surface area contributed by atoms with Gasteiger partial charge in [0.2, 0.25) is 0 Å². The molecule has 94 valence electrons. The molecule has 2 nitrogen and oxygen atoms in total. The van der Waals surface area contributed by atoms with Crippen molar-refractivity contribution in [3.8, 4) is 5.75 Å². The van der Waals surface area contributed by atoms with Crippen LogP contribution < -0.4 is 10.5 Å². The van der Waals surface area contributed by atoms with Crippen molar-refractivity contribution in [1.82, 2.24) is 0 Å². The zero-order chi connectivity index (χ0) is 13.0. The highest BCUT2D eigenvalue weighted by atomic mass is 35.5. The van der Waals surface area contributed by atoms with Gasteiger partial charge in [-0.25, -0.2) is 0 Å². The van der Waals surface area contributed by atoms with E-state index in [0.29, 0.717) is 6.54 Å². The molecule has 0 amide bonds. The Morgan fingerprint density at radius 1 is 1.11 bits per heavy atom. The molecular weight excluding hydrogens is 246 g/mol.